The van der Waals surface area contributed by atoms with E-state index in [1.165, 1.54) is 20.5 Å². The highest BCUT2D eigenvalue weighted by Gasteiger charge is 2.61. The third-order valence-electron chi connectivity index (χ3n) is 7.05. The number of esters is 1. The van der Waals surface area contributed by atoms with Gasteiger partial charge in [-0.05, 0) is 43.4 Å². The Morgan fingerprint density at radius 1 is 1.41 bits per heavy atom. The average molecular weight is 400 g/mol. The molecule has 0 aliphatic carbocycles. The van der Waals surface area contributed by atoms with Gasteiger partial charge in [0, 0.05) is 23.8 Å². The van der Waals surface area contributed by atoms with Gasteiger partial charge >= 0.3 is 5.97 Å². The Balaban J connectivity index is 1.77. The standard InChI is InChI=1S/C22H28N2O5/c1-4-13-11-24-9-8-22(19-16(23-21(22)27)6-5-7-17(19)25)18(24)10-14(13)15(12-28-2)20(26)29-3/h5-7,12-14,18,25H,4,8-11H2,1-3H3,(H,23,27)/b15-12+/t13-,14+,18+,22-/m1/s1. The van der Waals surface area contributed by atoms with Crippen LogP contribution in [-0.2, 0) is 24.5 Å². The Morgan fingerprint density at radius 3 is 2.90 bits per heavy atom. The highest BCUT2D eigenvalue weighted by molar-refractivity contribution is 6.08. The molecule has 1 aromatic carbocycles. The van der Waals surface area contributed by atoms with Gasteiger partial charge in [-0.3, -0.25) is 9.69 Å². The van der Waals surface area contributed by atoms with Gasteiger partial charge < -0.3 is 19.9 Å². The first-order valence-electron chi connectivity index (χ1n) is 10.2. The maximum absolute atomic E-state index is 13.2. The van der Waals surface area contributed by atoms with Crippen LogP contribution in [0.4, 0.5) is 5.69 Å². The molecular formula is C22H28N2O5. The third-order valence-corrected chi connectivity index (χ3v) is 7.05. The molecule has 2 saturated heterocycles. The summed E-state index contributed by atoms with van der Waals surface area (Å²) in [6, 6.07) is 5.12. The number of piperidine rings is 1. The Labute approximate surface area is 170 Å². The van der Waals surface area contributed by atoms with Gasteiger partial charge in [0.15, 0.2) is 0 Å². The lowest BCUT2D eigenvalue weighted by molar-refractivity contribution is -0.137. The number of aromatic hydroxyl groups is 1. The summed E-state index contributed by atoms with van der Waals surface area (Å²) in [5, 5.41) is 13.6. The molecule has 4 atom stereocenters. The Hall–Kier alpha value is -2.54. The van der Waals surface area contributed by atoms with E-state index in [1.807, 2.05) is 6.07 Å². The molecule has 7 nitrogen and oxygen atoms in total. The number of ether oxygens (including phenoxy) is 2. The first-order valence-corrected chi connectivity index (χ1v) is 10.2. The molecule has 2 fully saturated rings. The van der Waals surface area contributed by atoms with Gasteiger partial charge in [-0.1, -0.05) is 19.4 Å². The van der Waals surface area contributed by atoms with Crippen molar-refractivity contribution in [1.29, 1.82) is 0 Å². The zero-order valence-corrected chi connectivity index (χ0v) is 17.1. The number of methoxy groups -OCH3 is 2. The van der Waals surface area contributed by atoms with Crippen molar-refractivity contribution >= 4 is 17.6 Å². The van der Waals surface area contributed by atoms with Crippen LogP contribution >= 0.6 is 0 Å². The van der Waals surface area contributed by atoms with Crippen molar-refractivity contribution in [3.05, 3.63) is 35.6 Å². The van der Waals surface area contributed by atoms with Crippen LogP contribution in [0.15, 0.2) is 30.0 Å². The molecule has 3 heterocycles. The van der Waals surface area contributed by atoms with Crippen LogP contribution in [-0.4, -0.2) is 55.2 Å². The Bertz CT molecular complexity index is 867. The van der Waals surface area contributed by atoms with Crippen LogP contribution in [0.1, 0.15) is 31.7 Å². The van der Waals surface area contributed by atoms with E-state index in [1.54, 1.807) is 12.1 Å². The molecule has 7 heteroatoms. The molecular weight excluding hydrogens is 372 g/mol. The summed E-state index contributed by atoms with van der Waals surface area (Å²) >= 11 is 0. The zero-order chi connectivity index (χ0) is 20.8. The molecule has 0 unspecified atom stereocenters. The van der Waals surface area contributed by atoms with Gasteiger partial charge in [0.2, 0.25) is 5.91 Å². The molecule has 3 aliphatic heterocycles. The van der Waals surface area contributed by atoms with Crippen LogP contribution in [0, 0.1) is 11.8 Å². The quantitative estimate of drug-likeness (QED) is 0.458. The van der Waals surface area contributed by atoms with Gasteiger partial charge in [-0.2, -0.15) is 0 Å². The van der Waals surface area contributed by atoms with Crippen molar-refractivity contribution < 1.29 is 24.2 Å². The SMILES string of the molecule is CC[C@@H]1CN2CC[C@@]3(C(=O)Nc4cccc(O)c43)[C@@H]2C[C@@H]1/C(=C\OC)C(=O)OC. The number of hydrogen-bond donors (Lipinski definition) is 2. The highest BCUT2D eigenvalue weighted by Crippen LogP contribution is 2.55. The summed E-state index contributed by atoms with van der Waals surface area (Å²) in [5.41, 5.74) is 1.10. The normalized spacial score (nSPS) is 31.3. The number of benzene rings is 1. The maximum Gasteiger partial charge on any atom is 0.337 e. The molecule has 0 radical (unpaired) electrons. The molecule has 0 saturated carbocycles. The third kappa shape index (κ3) is 2.82. The molecule has 0 bridgehead atoms. The van der Waals surface area contributed by atoms with Crippen molar-refractivity contribution in [2.45, 2.75) is 37.6 Å². The zero-order valence-electron chi connectivity index (χ0n) is 17.1. The van der Waals surface area contributed by atoms with E-state index in [4.69, 9.17) is 9.47 Å². The van der Waals surface area contributed by atoms with Gasteiger partial charge in [0.25, 0.3) is 0 Å². The second kappa shape index (κ2) is 7.37. The predicted molar refractivity (Wildman–Crippen MR) is 107 cm³/mol. The molecule has 1 aromatic rings. The van der Waals surface area contributed by atoms with Crippen LogP contribution in [0.25, 0.3) is 0 Å². The Kier molecular flexibility index (Phi) is 5.02. The number of carbonyl (C=O) groups is 2. The van der Waals surface area contributed by atoms with E-state index in [9.17, 15) is 14.7 Å². The fourth-order valence-electron chi connectivity index (χ4n) is 5.73. The van der Waals surface area contributed by atoms with Gasteiger partial charge in [-0.15, -0.1) is 0 Å². The fraction of sp³-hybridized carbons (Fsp3) is 0.545. The summed E-state index contributed by atoms with van der Waals surface area (Å²) in [4.78, 5) is 28.1. The summed E-state index contributed by atoms with van der Waals surface area (Å²) in [5.74, 6) is -0.125. The number of carbonyl (C=O) groups excluding carboxylic acids is 2. The van der Waals surface area contributed by atoms with Gasteiger partial charge in [-0.25, -0.2) is 4.79 Å². The van der Waals surface area contributed by atoms with E-state index in [0.717, 1.165) is 19.5 Å². The fourth-order valence-corrected chi connectivity index (χ4v) is 5.73. The summed E-state index contributed by atoms with van der Waals surface area (Å²) in [6.07, 6.45) is 3.67. The largest absolute Gasteiger partial charge is 0.508 e. The van der Waals surface area contributed by atoms with Crippen LogP contribution in [0.5, 0.6) is 5.75 Å². The molecule has 29 heavy (non-hydrogen) atoms. The van der Waals surface area contributed by atoms with Crippen molar-refractivity contribution in [2.75, 3.05) is 32.6 Å². The number of hydrogen-bond acceptors (Lipinski definition) is 6. The van der Waals surface area contributed by atoms with Crippen molar-refractivity contribution in [2.24, 2.45) is 11.8 Å². The molecule has 2 N–H and O–H groups in total. The Morgan fingerprint density at radius 2 is 2.21 bits per heavy atom. The minimum Gasteiger partial charge on any atom is -0.508 e. The molecule has 1 spiro atoms. The van der Waals surface area contributed by atoms with Crippen LogP contribution in [0.3, 0.4) is 0 Å². The number of nitrogens with one attached hydrogen (secondary N) is 1. The molecule has 4 rings (SSSR count). The smallest absolute Gasteiger partial charge is 0.337 e. The van der Waals surface area contributed by atoms with E-state index in [-0.39, 0.29) is 29.5 Å². The van der Waals surface area contributed by atoms with E-state index in [2.05, 4.69) is 17.1 Å². The number of nitrogens with zero attached hydrogens (tertiary/aromatic N) is 1. The van der Waals surface area contributed by atoms with Crippen molar-refractivity contribution in [3.63, 3.8) is 0 Å². The molecule has 1 amide bonds. The van der Waals surface area contributed by atoms with Crippen LogP contribution < -0.4 is 5.32 Å². The molecule has 156 valence electrons. The van der Waals surface area contributed by atoms with E-state index in [0.29, 0.717) is 29.7 Å². The number of phenols is 1. The first kappa shape index (κ1) is 19.8. The second-order valence-corrected chi connectivity index (χ2v) is 8.20. The molecule has 3 aliphatic rings. The summed E-state index contributed by atoms with van der Waals surface area (Å²) in [7, 11) is 2.90. The monoisotopic (exact) mass is 400 g/mol. The van der Waals surface area contributed by atoms with E-state index < -0.39 is 11.4 Å². The van der Waals surface area contributed by atoms with Gasteiger partial charge in [0.1, 0.15) is 5.75 Å². The molecule has 0 aromatic heterocycles. The van der Waals surface area contributed by atoms with Crippen LogP contribution in [0.2, 0.25) is 0 Å². The minimum atomic E-state index is -0.800. The first-order chi connectivity index (χ1) is 14.0. The average Bonchev–Trinajstić information content (AvgIpc) is 3.24. The highest BCUT2D eigenvalue weighted by atomic mass is 16.5. The number of fused-ring (bicyclic) bond motifs is 4. The summed E-state index contributed by atoms with van der Waals surface area (Å²) in [6.45, 7) is 3.70. The number of phenolic OH excluding ortho intramolecular Hbond substituents is 1. The number of rotatable bonds is 4. The lowest BCUT2D eigenvalue weighted by Crippen LogP contribution is -2.53. The van der Waals surface area contributed by atoms with Crippen molar-refractivity contribution in [1.82, 2.24) is 4.90 Å². The lowest BCUT2D eigenvalue weighted by atomic mass is 9.67. The second-order valence-electron chi connectivity index (χ2n) is 8.20. The predicted octanol–water partition coefficient (Wildman–Crippen LogP) is 2.41. The van der Waals surface area contributed by atoms with Crippen molar-refractivity contribution in [3.8, 4) is 5.75 Å². The number of amides is 1. The van der Waals surface area contributed by atoms with Gasteiger partial charge in [0.05, 0.1) is 31.5 Å². The summed E-state index contributed by atoms with van der Waals surface area (Å²) < 4.78 is 10.2. The maximum atomic E-state index is 13.2. The minimum absolute atomic E-state index is 0.0643. The number of anilines is 1. The van der Waals surface area contributed by atoms with E-state index >= 15 is 0 Å². The lowest BCUT2D eigenvalue weighted by Gasteiger charge is -2.45. The topological polar surface area (TPSA) is 88.1 Å².